The van der Waals surface area contributed by atoms with Crippen molar-refractivity contribution in [2.24, 2.45) is 23.7 Å². The molecule has 14 rings (SSSR count). The molecule has 1 nitrogen and oxygen atoms in total. The Bertz CT molecular complexity index is 2880. The first-order chi connectivity index (χ1) is 28.8. The Morgan fingerprint density at radius 3 is 1.66 bits per heavy atom. The van der Waals surface area contributed by atoms with E-state index in [-0.39, 0.29) is 16.2 Å². The summed E-state index contributed by atoms with van der Waals surface area (Å²) in [6, 6.07) is 58.7. The highest BCUT2D eigenvalue weighted by Gasteiger charge is 2.62. The summed E-state index contributed by atoms with van der Waals surface area (Å²) in [6.07, 6.45) is 7.01. The maximum Gasteiger partial charge on any atom is 0.0543 e. The van der Waals surface area contributed by atoms with Gasteiger partial charge in [0.25, 0.3) is 0 Å². The van der Waals surface area contributed by atoms with Crippen molar-refractivity contribution >= 4 is 17.1 Å². The molecular weight excluding hydrogens is 711 g/mol. The fraction of sp³-hybridized carbons (Fsp3) is 0.276. The molecule has 0 N–H and O–H groups in total. The highest BCUT2D eigenvalue weighted by atomic mass is 15.2. The first-order valence-corrected chi connectivity index (χ1v) is 22.4. The van der Waals surface area contributed by atoms with Crippen LogP contribution in [0.15, 0.2) is 152 Å². The second kappa shape index (κ2) is 11.8. The molecule has 7 aromatic carbocycles. The van der Waals surface area contributed by atoms with Crippen LogP contribution in [0.5, 0.6) is 0 Å². The molecule has 0 heterocycles. The summed E-state index contributed by atoms with van der Waals surface area (Å²) in [5.74, 6) is 3.25. The minimum Gasteiger partial charge on any atom is -0.309 e. The van der Waals surface area contributed by atoms with Crippen LogP contribution in [0, 0.1) is 23.7 Å². The highest BCUT2D eigenvalue weighted by Crippen LogP contribution is 2.71. The van der Waals surface area contributed by atoms with Crippen molar-refractivity contribution in [1.29, 1.82) is 0 Å². The molecular formula is C58H51N. The van der Waals surface area contributed by atoms with Gasteiger partial charge in [-0.3, -0.25) is 0 Å². The lowest BCUT2D eigenvalue weighted by Gasteiger charge is -2.61. The Labute approximate surface area is 349 Å². The molecule has 4 saturated carbocycles. The number of benzene rings is 7. The third-order valence-electron chi connectivity index (χ3n) is 16.6. The summed E-state index contributed by atoms with van der Waals surface area (Å²) in [5, 5.41) is 0. The van der Waals surface area contributed by atoms with Gasteiger partial charge in [-0.2, -0.15) is 0 Å². The number of rotatable bonds is 4. The molecule has 0 aliphatic heterocycles. The van der Waals surface area contributed by atoms with E-state index in [2.05, 4.69) is 184 Å². The van der Waals surface area contributed by atoms with Gasteiger partial charge in [-0.15, -0.1) is 0 Å². The van der Waals surface area contributed by atoms with Gasteiger partial charge in [-0.05, 0) is 147 Å². The molecule has 288 valence electrons. The van der Waals surface area contributed by atoms with Crippen LogP contribution in [0.3, 0.4) is 0 Å². The molecule has 7 aromatic rings. The third-order valence-corrected chi connectivity index (χ3v) is 16.6. The first kappa shape index (κ1) is 34.2. The summed E-state index contributed by atoms with van der Waals surface area (Å²) in [5.41, 5.74) is 23.4. The number of anilines is 3. The zero-order valence-electron chi connectivity index (χ0n) is 34.7. The van der Waals surface area contributed by atoms with E-state index in [0.29, 0.717) is 11.8 Å². The van der Waals surface area contributed by atoms with Crippen LogP contribution in [0.25, 0.3) is 44.5 Å². The Balaban J connectivity index is 1.11. The number of hydrogen-bond acceptors (Lipinski definition) is 1. The van der Waals surface area contributed by atoms with E-state index in [0.717, 1.165) is 11.8 Å². The molecule has 7 aliphatic carbocycles. The molecule has 0 amide bonds. The van der Waals surface area contributed by atoms with Crippen molar-refractivity contribution in [2.75, 3.05) is 4.90 Å². The quantitative estimate of drug-likeness (QED) is 0.173. The Morgan fingerprint density at radius 1 is 0.390 bits per heavy atom. The van der Waals surface area contributed by atoms with Gasteiger partial charge < -0.3 is 4.90 Å². The first-order valence-electron chi connectivity index (χ1n) is 22.4. The van der Waals surface area contributed by atoms with Gasteiger partial charge in [0.1, 0.15) is 0 Å². The van der Waals surface area contributed by atoms with Crippen LogP contribution in [-0.2, 0) is 16.2 Å². The minimum absolute atomic E-state index is 0.0935. The zero-order chi connectivity index (χ0) is 39.4. The van der Waals surface area contributed by atoms with Crippen LogP contribution in [0.2, 0.25) is 0 Å². The molecule has 0 atom stereocenters. The predicted molar refractivity (Wildman–Crippen MR) is 245 cm³/mol. The fourth-order valence-corrected chi connectivity index (χ4v) is 14.5. The Morgan fingerprint density at radius 2 is 0.932 bits per heavy atom. The van der Waals surface area contributed by atoms with E-state index in [4.69, 9.17) is 0 Å². The van der Waals surface area contributed by atoms with Crippen molar-refractivity contribution in [3.8, 4) is 44.5 Å². The second-order valence-electron chi connectivity index (χ2n) is 20.1. The molecule has 7 aliphatic rings. The molecule has 0 aromatic heterocycles. The molecule has 0 radical (unpaired) electrons. The summed E-state index contributed by atoms with van der Waals surface area (Å²) >= 11 is 0. The molecule has 0 saturated heterocycles. The largest absolute Gasteiger partial charge is 0.309 e. The molecule has 1 spiro atoms. The van der Waals surface area contributed by atoms with E-state index in [1.54, 1.807) is 11.1 Å². The van der Waals surface area contributed by atoms with Gasteiger partial charge in [0.05, 0.1) is 17.1 Å². The van der Waals surface area contributed by atoms with E-state index in [1.165, 1.54) is 116 Å². The monoisotopic (exact) mass is 761 g/mol. The summed E-state index contributed by atoms with van der Waals surface area (Å²) in [6.45, 7) is 9.78. The number of nitrogens with zero attached hydrogens (tertiary/aromatic N) is 1. The summed E-state index contributed by atoms with van der Waals surface area (Å²) in [4.78, 5) is 2.74. The molecule has 4 fully saturated rings. The second-order valence-corrected chi connectivity index (χ2v) is 20.1. The lowest BCUT2D eigenvalue weighted by molar-refractivity contribution is -0.0399. The van der Waals surface area contributed by atoms with Gasteiger partial charge in [-0.25, -0.2) is 0 Å². The SMILES string of the molecule is CC1(C)c2cc(-c3ccccc3)ccc2-c2c(N(c3cccc4c3-c3ccccc3C43C4CC5CC(C4)CC3C5)c3cccc4c3C(C)(C)c3ccccc3-4)cccc21. The Kier molecular flexibility index (Phi) is 6.82. The molecule has 59 heavy (non-hydrogen) atoms. The van der Waals surface area contributed by atoms with Crippen molar-refractivity contribution in [3.63, 3.8) is 0 Å². The topological polar surface area (TPSA) is 3.24 Å². The van der Waals surface area contributed by atoms with Crippen LogP contribution in [0.1, 0.15) is 93.2 Å². The lowest BCUT2D eigenvalue weighted by atomic mass is 9.43. The lowest BCUT2D eigenvalue weighted by Crippen LogP contribution is -2.55. The summed E-state index contributed by atoms with van der Waals surface area (Å²) in [7, 11) is 0. The molecule has 1 heteroatoms. The van der Waals surface area contributed by atoms with E-state index < -0.39 is 0 Å². The van der Waals surface area contributed by atoms with Crippen LogP contribution in [-0.4, -0.2) is 0 Å². The van der Waals surface area contributed by atoms with Gasteiger partial charge in [0.15, 0.2) is 0 Å². The highest BCUT2D eigenvalue weighted by molar-refractivity contribution is 6.02. The molecule has 0 unspecified atom stereocenters. The Hall–Kier alpha value is -5.66. The summed E-state index contributed by atoms with van der Waals surface area (Å²) < 4.78 is 0. The van der Waals surface area contributed by atoms with Gasteiger partial charge in [0, 0.05) is 27.4 Å². The van der Waals surface area contributed by atoms with Gasteiger partial charge in [-0.1, -0.05) is 155 Å². The normalized spacial score (nSPS) is 24.9. The predicted octanol–water partition coefficient (Wildman–Crippen LogP) is 15.2. The van der Waals surface area contributed by atoms with Crippen LogP contribution >= 0.6 is 0 Å². The van der Waals surface area contributed by atoms with E-state index in [9.17, 15) is 0 Å². The molecule has 4 bridgehead atoms. The fourth-order valence-electron chi connectivity index (χ4n) is 14.5. The van der Waals surface area contributed by atoms with Crippen molar-refractivity contribution < 1.29 is 0 Å². The maximum absolute atomic E-state index is 2.74. The maximum atomic E-state index is 2.74. The van der Waals surface area contributed by atoms with Crippen molar-refractivity contribution in [3.05, 3.63) is 185 Å². The standard InChI is InChI=1S/C58H51N/c1-56(2)47-22-13-24-50(53(47)44-28-27-38(34-49(44)56)37-15-6-5-7-16-37)59(52-26-12-19-42-41-17-8-10-20-45(41)57(3,4)55(42)52)51-25-14-23-48-54(51)43-18-9-11-21-46(43)58(48)39-30-35-29-36(32-39)33-40(58)31-35/h5-28,34-36,39-40H,29-33H2,1-4H3. The van der Waals surface area contributed by atoms with Crippen molar-refractivity contribution in [2.45, 2.75) is 76.0 Å². The van der Waals surface area contributed by atoms with Crippen LogP contribution in [0.4, 0.5) is 17.1 Å². The van der Waals surface area contributed by atoms with Gasteiger partial charge in [0.2, 0.25) is 0 Å². The van der Waals surface area contributed by atoms with E-state index in [1.807, 2.05) is 0 Å². The average Bonchev–Trinajstić information content (AvgIpc) is 3.79. The third kappa shape index (κ3) is 4.31. The van der Waals surface area contributed by atoms with E-state index >= 15 is 0 Å². The average molecular weight is 762 g/mol. The minimum atomic E-state index is -0.182. The van der Waals surface area contributed by atoms with Crippen LogP contribution < -0.4 is 4.90 Å². The smallest absolute Gasteiger partial charge is 0.0543 e. The number of fused-ring (bicyclic) bond motifs is 9. The number of hydrogen-bond donors (Lipinski definition) is 0. The van der Waals surface area contributed by atoms with Crippen molar-refractivity contribution in [1.82, 2.24) is 0 Å². The van der Waals surface area contributed by atoms with Gasteiger partial charge >= 0.3 is 0 Å². The zero-order valence-corrected chi connectivity index (χ0v) is 34.7.